The predicted molar refractivity (Wildman–Crippen MR) is 28.5 cm³/mol. The molecular weight excluding hydrogens is 110 g/mol. The summed E-state index contributed by atoms with van der Waals surface area (Å²) in [4.78, 5) is 0. The van der Waals surface area contributed by atoms with Crippen LogP contribution >= 0.6 is 11.9 Å². The van der Waals surface area contributed by atoms with Crippen molar-refractivity contribution < 1.29 is 4.74 Å². The minimum absolute atomic E-state index is 0.329. The van der Waals surface area contributed by atoms with Crippen molar-refractivity contribution in [2.75, 3.05) is 0 Å². The topological polar surface area (TPSA) is 24.6 Å². The second-order valence-electron chi connectivity index (χ2n) is 1.59. The van der Waals surface area contributed by atoms with Crippen LogP contribution in [0.15, 0.2) is 11.5 Å². The summed E-state index contributed by atoms with van der Waals surface area (Å²) in [5.41, 5.74) is 0. The number of ether oxygens (including phenoxy) is 1. The molecule has 0 aromatic rings. The van der Waals surface area contributed by atoms with Gasteiger partial charge in [-0.15, -0.1) is 0 Å². The Hall–Kier alpha value is 0.0100. The third kappa shape index (κ3) is 0.571. The molecule has 0 bridgehead atoms. The zero-order valence-corrected chi connectivity index (χ0v) is 4.44. The van der Waals surface area contributed by atoms with Crippen molar-refractivity contribution in [1.29, 1.82) is 0 Å². The molecule has 1 N–H and O–H groups in total. The molecule has 0 radical (unpaired) electrons. The third-order valence-corrected chi connectivity index (χ3v) is 1.71. The second kappa shape index (κ2) is 1.24. The van der Waals surface area contributed by atoms with E-state index in [-0.39, 0.29) is 0 Å². The summed E-state index contributed by atoms with van der Waals surface area (Å²) >= 11 is 1.59. The lowest BCUT2D eigenvalue weighted by atomic mass is 10.4. The molecule has 2 aliphatic heterocycles. The van der Waals surface area contributed by atoms with Gasteiger partial charge in [-0.25, -0.2) is 4.72 Å². The molecule has 0 aromatic heterocycles. The highest BCUT2D eigenvalue weighted by Gasteiger charge is 2.37. The number of rotatable bonds is 0. The zero-order chi connectivity index (χ0) is 4.69. The molecular formula is C4H5NOS. The van der Waals surface area contributed by atoms with Crippen LogP contribution in [0.2, 0.25) is 0 Å². The van der Waals surface area contributed by atoms with E-state index in [1.54, 1.807) is 11.9 Å². The van der Waals surface area contributed by atoms with E-state index in [2.05, 4.69) is 10.8 Å². The number of hydrogen-bond acceptors (Lipinski definition) is 3. The molecule has 2 rings (SSSR count). The summed E-state index contributed by atoms with van der Waals surface area (Å²) in [5, 5.41) is 2.01. The van der Waals surface area contributed by atoms with Gasteiger partial charge in [-0.05, 0) is 11.5 Å². The average Bonchev–Trinajstić information content (AvgIpc) is 2.41. The highest BCUT2D eigenvalue weighted by atomic mass is 32.2. The van der Waals surface area contributed by atoms with Crippen LogP contribution < -0.4 is 4.72 Å². The molecule has 2 atom stereocenters. The Morgan fingerprint density at radius 1 is 1.71 bits per heavy atom. The van der Waals surface area contributed by atoms with Crippen molar-refractivity contribution in [3.8, 4) is 0 Å². The first-order valence-corrected chi connectivity index (χ1v) is 3.08. The molecule has 38 valence electrons. The van der Waals surface area contributed by atoms with Crippen LogP contribution in [-0.2, 0) is 4.74 Å². The van der Waals surface area contributed by atoms with Crippen molar-refractivity contribution in [3.05, 3.63) is 11.5 Å². The minimum atomic E-state index is 0.329. The maximum atomic E-state index is 5.06. The molecule has 0 spiro atoms. The van der Waals surface area contributed by atoms with E-state index in [0.29, 0.717) is 12.3 Å². The van der Waals surface area contributed by atoms with Crippen LogP contribution in [0, 0.1) is 0 Å². The molecule has 3 heteroatoms. The summed E-state index contributed by atoms with van der Waals surface area (Å²) in [6.07, 6.45) is 2.78. The second-order valence-corrected chi connectivity index (χ2v) is 2.33. The van der Waals surface area contributed by atoms with Crippen molar-refractivity contribution in [3.63, 3.8) is 0 Å². The molecule has 2 nitrogen and oxygen atoms in total. The van der Waals surface area contributed by atoms with E-state index in [1.807, 2.05) is 5.41 Å². The molecule has 0 saturated carbocycles. The van der Waals surface area contributed by atoms with Crippen LogP contribution in [-0.4, -0.2) is 12.3 Å². The minimum Gasteiger partial charge on any atom is -0.348 e. The van der Waals surface area contributed by atoms with E-state index in [4.69, 9.17) is 4.74 Å². The van der Waals surface area contributed by atoms with Gasteiger partial charge in [0.1, 0.15) is 12.3 Å². The molecule has 2 aliphatic rings. The SMILES string of the molecule is C1=CC2OC2NS1. The Morgan fingerprint density at radius 2 is 2.71 bits per heavy atom. The predicted octanol–water partition coefficient (Wildman–Crippen LogP) is 0.476. The van der Waals surface area contributed by atoms with E-state index in [9.17, 15) is 0 Å². The summed E-state index contributed by atoms with van der Waals surface area (Å²) in [6, 6.07) is 0. The van der Waals surface area contributed by atoms with E-state index >= 15 is 0 Å². The first-order chi connectivity index (χ1) is 3.47. The summed E-state index contributed by atoms with van der Waals surface area (Å²) < 4.78 is 8.12. The fourth-order valence-electron chi connectivity index (χ4n) is 0.588. The molecule has 0 amide bonds. The van der Waals surface area contributed by atoms with Gasteiger partial charge < -0.3 is 4.74 Å². The molecule has 7 heavy (non-hydrogen) atoms. The Bertz CT molecular complexity index is 114. The van der Waals surface area contributed by atoms with Gasteiger partial charge in [-0.1, -0.05) is 11.9 Å². The van der Waals surface area contributed by atoms with Gasteiger partial charge in [0.05, 0.1) is 0 Å². The molecule has 2 heterocycles. The Kier molecular flexibility index (Phi) is 0.702. The van der Waals surface area contributed by atoms with Gasteiger partial charge >= 0.3 is 0 Å². The molecule has 0 aromatic carbocycles. The number of nitrogens with one attached hydrogen (secondary N) is 1. The normalized spacial score (nSPS) is 45.7. The number of fused-ring (bicyclic) bond motifs is 1. The fraction of sp³-hybridized carbons (Fsp3) is 0.500. The Balaban J connectivity index is 2.14. The van der Waals surface area contributed by atoms with Crippen LogP contribution in [0.4, 0.5) is 0 Å². The summed E-state index contributed by atoms with van der Waals surface area (Å²) in [5.74, 6) is 0. The first kappa shape index (κ1) is 3.95. The summed E-state index contributed by atoms with van der Waals surface area (Å²) in [7, 11) is 0. The standard InChI is InChI=1S/C4H5NOS/c1-2-7-5-4-3(1)6-4/h1-5H. The smallest absolute Gasteiger partial charge is 0.148 e. The lowest BCUT2D eigenvalue weighted by Crippen LogP contribution is -2.11. The molecule has 2 unspecified atom stereocenters. The van der Waals surface area contributed by atoms with Gasteiger partial charge in [-0.2, -0.15) is 0 Å². The van der Waals surface area contributed by atoms with Crippen LogP contribution in [0.3, 0.4) is 0 Å². The number of epoxide rings is 1. The molecule has 0 aliphatic carbocycles. The van der Waals surface area contributed by atoms with Gasteiger partial charge in [0.2, 0.25) is 0 Å². The monoisotopic (exact) mass is 115 g/mol. The van der Waals surface area contributed by atoms with Gasteiger partial charge in [0, 0.05) is 0 Å². The highest BCUT2D eigenvalue weighted by molar-refractivity contribution is 8.00. The van der Waals surface area contributed by atoms with Crippen molar-refractivity contribution >= 4 is 11.9 Å². The lowest BCUT2D eigenvalue weighted by molar-refractivity contribution is 0.386. The van der Waals surface area contributed by atoms with Crippen molar-refractivity contribution in [2.45, 2.75) is 12.3 Å². The fourth-order valence-corrected chi connectivity index (χ4v) is 1.22. The lowest BCUT2D eigenvalue weighted by Gasteiger charge is -1.94. The zero-order valence-electron chi connectivity index (χ0n) is 3.63. The van der Waals surface area contributed by atoms with Gasteiger partial charge in [-0.3, -0.25) is 0 Å². The van der Waals surface area contributed by atoms with Crippen LogP contribution in [0.25, 0.3) is 0 Å². The summed E-state index contributed by atoms with van der Waals surface area (Å²) in [6.45, 7) is 0. The quantitative estimate of drug-likeness (QED) is 0.367. The highest BCUT2D eigenvalue weighted by Crippen LogP contribution is 2.27. The molecule has 1 saturated heterocycles. The maximum Gasteiger partial charge on any atom is 0.148 e. The van der Waals surface area contributed by atoms with Crippen molar-refractivity contribution in [1.82, 2.24) is 4.72 Å². The van der Waals surface area contributed by atoms with E-state index in [0.717, 1.165) is 0 Å². The largest absolute Gasteiger partial charge is 0.348 e. The van der Waals surface area contributed by atoms with E-state index in [1.165, 1.54) is 0 Å². The van der Waals surface area contributed by atoms with Crippen LogP contribution in [0.1, 0.15) is 0 Å². The van der Waals surface area contributed by atoms with E-state index < -0.39 is 0 Å². The molecule has 1 fully saturated rings. The van der Waals surface area contributed by atoms with Crippen LogP contribution in [0.5, 0.6) is 0 Å². The average molecular weight is 115 g/mol. The Labute approximate surface area is 46.1 Å². The Morgan fingerprint density at radius 3 is 3.29 bits per heavy atom. The number of hydrogen-bond donors (Lipinski definition) is 1. The first-order valence-electron chi connectivity index (χ1n) is 2.20. The maximum absolute atomic E-state index is 5.06. The third-order valence-electron chi connectivity index (χ3n) is 1.05. The van der Waals surface area contributed by atoms with Crippen molar-refractivity contribution in [2.24, 2.45) is 0 Å². The van der Waals surface area contributed by atoms with Gasteiger partial charge in [0.25, 0.3) is 0 Å². The van der Waals surface area contributed by atoms with Gasteiger partial charge in [0.15, 0.2) is 0 Å².